The van der Waals surface area contributed by atoms with Crippen LogP contribution in [0.5, 0.6) is 0 Å². The number of rotatable bonds is 7. The Morgan fingerprint density at radius 3 is 2.72 bits per heavy atom. The van der Waals surface area contributed by atoms with Crippen LogP contribution < -0.4 is 5.32 Å². The van der Waals surface area contributed by atoms with Crippen LogP contribution in [0.25, 0.3) is 5.69 Å². The van der Waals surface area contributed by atoms with Gasteiger partial charge in [0.2, 0.25) is 0 Å². The highest BCUT2D eigenvalue weighted by Crippen LogP contribution is 2.21. The smallest absolute Gasteiger partial charge is 0.269 e. The molecule has 0 aliphatic heterocycles. The van der Waals surface area contributed by atoms with Gasteiger partial charge < -0.3 is 5.32 Å². The van der Waals surface area contributed by atoms with Crippen LogP contribution in [-0.4, -0.2) is 38.0 Å². The van der Waals surface area contributed by atoms with Crippen LogP contribution >= 0.6 is 11.8 Å². The second-order valence-corrected chi connectivity index (χ2v) is 6.46. The maximum Gasteiger partial charge on any atom is 0.269 e. The molecule has 0 aliphatic rings. The Kier molecular flexibility index (Phi) is 5.55. The van der Waals surface area contributed by atoms with E-state index in [1.54, 1.807) is 6.20 Å². The summed E-state index contributed by atoms with van der Waals surface area (Å²) < 4.78 is 3.78. The molecule has 1 amide bonds. The third kappa shape index (κ3) is 4.11. The number of hydrogen-bond donors (Lipinski definition) is 1. The molecule has 0 unspecified atom stereocenters. The van der Waals surface area contributed by atoms with Crippen molar-refractivity contribution in [2.45, 2.75) is 25.0 Å². The SMILES string of the molecule is CSc1ncc(C(=O)NCCCn2cc(C)cn2)n1-c1ccccc1. The maximum atomic E-state index is 12.6. The number of imidazole rings is 1. The largest absolute Gasteiger partial charge is 0.351 e. The van der Waals surface area contributed by atoms with Crippen molar-refractivity contribution in [2.24, 2.45) is 0 Å². The molecule has 0 aliphatic carbocycles. The summed E-state index contributed by atoms with van der Waals surface area (Å²) in [7, 11) is 0. The molecule has 130 valence electrons. The van der Waals surface area contributed by atoms with Gasteiger partial charge in [-0.3, -0.25) is 14.0 Å². The molecule has 6 nitrogen and oxygen atoms in total. The fourth-order valence-corrected chi connectivity index (χ4v) is 3.13. The van der Waals surface area contributed by atoms with Crippen molar-refractivity contribution < 1.29 is 4.79 Å². The molecule has 0 radical (unpaired) electrons. The zero-order valence-corrected chi connectivity index (χ0v) is 15.2. The number of hydrogen-bond acceptors (Lipinski definition) is 4. The predicted octanol–water partition coefficient (Wildman–Crippen LogP) is 2.92. The van der Waals surface area contributed by atoms with Crippen LogP contribution in [0.2, 0.25) is 0 Å². The zero-order valence-electron chi connectivity index (χ0n) is 14.3. The summed E-state index contributed by atoms with van der Waals surface area (Å²) in [5.74, 6) is -0.117. The monoisotopic (exact) mass is 355 g/mol. The standard InChI is InChI=1S/C18H21N5OS/c1-14-11-21-22(13-14)10-6-9-19-17(24)16-12-20-18(25-2)23(16)15-7-4-3-5-8-15/h3-5,7-8,11-13H,6,9-10H2,1-2H3,(H,19,24). The second kappa shape index (κ2) is 8.02. The van der Waals surface area contributed by atoms with Crippen LogP contribution in [-0.2, 0) is 6.54 Å². The number of aryl methyl sites for hydroxylation is 2. The number of carbonyl (C=O) groups is 1. The van der Waals surface area contributed by atoms with Crippen molar-refractivity contribution >= 4 is 17.7 Å². The highest BCUT2D eigenvalue weighted by molar-refractivity contribution is 7.98. The summed E-state index contributed by atoms with van der Waals surface area (Å²) >= 11 is 1.52. The molecule has 0 saturated heterocycles. The van der Waals surface area contributed by atoms with Crippen molar-refractivity contribution in [2.75, 3.05) is 12.8 Å². The molecule has 0 atom stereocenters. The Bertz CT molecular complexity index is 840. The van der Waals surface area contributed by atoms with Crippen LogP contribution in [0.15, 0.2) is 54.1 Å². The molecule has 3 rings (SSSR count). The van der Waals surface area contributed by atoms with Gasteiger partial charge in [0.25, 0.3) is 5.91 Å². The van der Waals surface area contributed by atoms with Gasteiger partial charge in [0.15, 0.2) is 5.16 Å². The van der Waals surface area contributed by atoms with Gasteiger partial charge in [-0.1, -0.05) is 30.0 Å². The molecular weight excluding hydrogens is 334 g/mol. The predicted molar refractivity (Wildman–Crippen MR) is 99.3 cm³/mol. The molecule has 25 heavy (non-hydrogen) atoms. The molecular formula is C18H21N5OS. The van der Waals surface area contributed by atoms with Gasteiger partial charge in [0.1, 0.15) is 5.69 Å². The Morgan fingerprint density at radius 2 is 2.04 bits per heavy atom. The fourth-order valence-electron chi connectivity index (χ4n) is 2.59. The first-order valence-corrected chi connectivity index (χ1v) is 9.36. The molecule has 0 spiro atoms. The van der Waals surface area contributed by atoms with E-state index in [9.17, 15) is 4.79 Å². The second-order valence-electron chi connectivity index (χ2n) is 5.69. The summed E-state index contributed by atoms with van der Waals surface area (Å²) in [5.41, 5.74) is 2.62. The van der Waals surface area contributed by atoms with Gasteiger partial charge in [0.05, 0.1) is 12.4 Å². The van der Waals surface area contributed by atoms with Crippen LogP contribution in [0.1, 0.15) is 22.5 Å². The maximum absolute atomic E-state index is 12.6. The van der Waals surface area contributed by atoms with Crippen LogP contribution in [0.4, 0.5) is 0 Å². The lowest BCUT2D eigenvalue weighted by atomic mass is 10.3. The first kappa shape index (κ1) is 17.3. The number of benzene rings is 1. The summed E-state index contributed by atoms with van der Waals surface area (Å²) in [6, 6.07) is 9.80. The number of nitrogens with one attached hydrogen (secondary N) is 1. The lowest BCUT2D eigenvalue weighted by Crippen LogP contribution is -2.27. The average Bonchev–Trinajstić information content (AvgIpc) is 3.25. The minimum absolute atomic E-state index is 0.117. The summed E-state index contributed by atoms with van der Waals surface area (Å²) in [6.07, 6.45) is 8.24. The van der Waals surface area contributed by atoms with E-state index < -0.39 is 0 Å². The summed E-state index contributed by atoms with van der Waals surface area (Å²) in [5, 5.41) is 8.01. The Labute approximate surface area is 151 Å². The van der Waals surface area contributed by atoms with Gasteiger partial charge in [0, 0.05) is 25.0 Å². The molecule has 1 N–H and O–H groups in total. The molecule has 1 aromatic carbocycles. The lowest BCUT2D eigenvalue weighted by molar-refractivity contribution is 0.0945. The highest BCUT2D eigenvalue weighted by atomic mass is 32.2. The summed E-state index contributed by atoms with van der Waals surface area (Å²) in [6.45, 7) is 3.38. The Morgan fingerprint density at radius 1 is 1.24 bits per heavy atom. The molecule has 2 heterocycles. The van der Waals surface area contributed by atoms with Gasteiger partial charge >= 0.3 is 0 Å². The Balaban J connectivity index is 1.65. The fraction of sp³-hybridized carbons (Fsp3) is 0.278. The van der Waals surface area contributed by atoms with Gasteiger partial charge in [-0.15, -0.1) is 0 Å². The molecule has 3 aromatic rings. The highest BCUT2D eigenvalue weighted by Gasteiger charge is 2.17. The van der Waals surface area contributed by atoms with E-state index in [1.807, 2.05) is 65.2 Å². The van der Waals surface area contributed by atoms with Gasteiger partial charge in [-0.25, -0.2) is 4.98 Å². The molecule has 2 aromatic heterocycles. The number of aromatic nitrogens is 4. The van der Waals surface area contributed by atoms with Gasteiger partial charge in [-0.2, -0.15) is 5.10 Å². The first-order chi connectivity index (χ1) is 12.2. The van der Waals surface area contributed by atoms with E-state index >= 15 is 0 Å². The molecule has 0 saturated carbocycles. The van der Waals surface area contributed by atoms with E-state index in [-0.39, 0.29) is 5.91 Å². The number of para-hydroxylation sites is 1. The Hall–Kier alpha value is -2.54. The van der Waals surface area contributed by atoms with Crippen molar-refractivity contribution in [3.8, 4) is 5.69 Å². The molecule has 0 fully saturated rings. The number of thioether (sulfide) groups is 1. The zero-order chi connectivity index (χ0) is 17.6. The number of carbonyl (C=O) groups excluding carboxylic acids is 1. The number of nitrogens with zero attached hydrogens (tertiary/aromatic N) is 4. The van der Waals surface area contributed by atoms with E-state index in [1.165, 1.54) is 11.8 Å². The molecule has 0 bridgehead atoms. The first-order valence-electron chi connectivity index (χ1n) is 8.13. The van der Waals surface area contributed by atoms with E-state index in [2.05, 4.69) is 15.4 Å². The van der Waals surface area contributed by atoms with E-state index in [0.717, 1.165) is 29.4 Å². The van der Waals surface area contributed by atoms with E-state index in [0.29, 0.717) is 12.2 Å². The normalized spacial score (nSPS) is 10.8. The van der Waals surface area contributed by atoms with Crippen molar-refractivity contribution in [1.29, 1.82) is 0 Å². The number of amides is 1. The third-order valence-electron chi connectivity index (χ3n) is 3.77. The average molecular weight is 355 g/mol. The van der Waals surface area contributed by atoms with Crippen molar-refractivity contribution in [3.63, 3.8) is 0 Å². The van der Waals surface area contributed by atoms with E-state index in [4.69, 9.17) is 0 Å². The van der Waals surface area contributed by atoms with Crippen LogP contribution in [0, 0.1) is 6.92 Å². The van der Waals surface area contributed by atoms with Crippen LogP contribution in [0.3, 0.4) is 0 Å². The molecule has 7 heteroatoms. The lowest BCUT2D eigenvalue weighted by Gasteiger charge is -2.11. The van der Waals surface area contributed by atoms with Gasteiger partial charge in [-0.05, 0) is 37.3 Å². The topological polar surface area (TPSA) is 64.7 Å². The van der Waals surface area contributed by atoms with Crippen molar-refractivity contribution in [1.82, 2.24) is 24.6 Å². The minimum atomic E-state index is -0.117. The third-order valence-corrected chi connectivity index (χ3v) is 4.42. The minimum Gasteiger partial charge on any atom is -0.351 e. The summed E-state index contributed by atoms with van der Waals surface area (Å²) in [4.78, 5) is 16.9. The van der Waals surface area contributed by atoms with Crippen molar-refractivity contribution in [3.05, 3.63) is 60.2 Å². The quantitative estimate of drug-likeness (QED) is 0.523.